The molecule has 0 saturated heterocycles. The summed E-state index contributed by atoms with van der Waals surface area (Å²) in [5.41, 5.74) is 2.29. The maximum absolute atomic E-state index is 4.57. The van der Waals surface area contributed by atoms with Crippen molar-refractivity contribution >= 4 is 0 Å². The van der Waals surface area contributed by atoms with Crippen LogP contribution in [0, 0.1) is 5.92 Å². The van der Waals surface area contributed by atoms with Crippen molar-refractivity contribution in [2.75, 3.05) is 0 Å². The van der Waals surface area contributed by atoms with E-state index >= 15 is 0 Å². The monoisotopic (exact) mass is 200 g/mol. The van der Waals surface area contributed by atoms with Gasteiger partial charge in [0.2, 0.25) is 0 Å². The van der Waals surface area contributed by atoms with Crippen LogP contribution in [0.2, 0.25) is 0 Å². The third kappa shape index (κ3) is 2.46. The largest absolute Gasteiger partial charge is 0.344 e. The Bertz CT molecular complexity index is 415. The Morgan fingerprint density at radius 2 is 1.93 bits per heavy atom. The molecule has 1 aromatic heterocycles. The summed E-state index contributed by atoms with van der Waals surface area (Å²) in [4.78, 5) is 7.78. The van der Waals surface area contributed by atoms with Crippen LogP contribution in [0.15, 0.2) is 36.5 Å². The van der Waals surface area contributed by atoms with Crippen molar-refractivity contribution < 1.29 is 0 Å². The van der Waals surface area contributed by atoms with Crippen LogP contribution in [0.5, 0.6) is 0 Å². The molecule has 0 aliphatic rings. The van der Waals surface area contributed by atoms with E-state index in [0.717, 1.165) is 23.5 Å². The first-order chi connectivity index (χ1) is 7.25. The number of hydrogen-bond donors (Lipinski definition) is 1. The number of imidazole rings is 1. The zero-order valence-corrected chi connectivity index (χ0v) is 9.20. The van der Waals surface area contributed by atoms with Crippen molar-refractivity contribution in [3.63, 3.8) is 0 Å². The Balaban J connectivity index is 2.21. The number of aromatic amines is 1. The number of H-pyrrole nitrogens is 1. The molecule has 0 bridgehead atoms. The van der Waals surface area contributed by atoms with Gasteiger partial charge in [-0.1, -0.05) is 44.2 Å². The second-order valence-electron chi connectivity index (χ2n) is 4.20. The summed E-state index contributed by atoms with van der Waals surface area (Å²) in [5, 5.41) is 0. The molecule has 1 heterocycles. The summed E-state index contributed by atoms with van der Waals surface area (Å²) >= 11 is 0. The number of benzene rings is 1. The number of nitrogens with zero attached hydrogens (tertiary/aromatic N) is 1. The molecule has 0 spiro atoms. The Morgan fingerprint density at radius 1 is 1.20 bits per heavy atom. The molecular formula is C13H16N2. The molecule has 0 fully saturated rings. The van der Waals surface area contributed by atoms with E-state index in [1.807, 2.05) is 24.4 Å². The van der Waals surface area contributed by atoms with Gasteiger partial charge < -0.3 is 4.98 Å². The third-order valence-corrected chi connectivity index (χ3v) is 2.30. The SMILES string of the molecule is CC(C)Cc1c[nH]c(-c2ccccc2)n1. The van der Waals surface area contributed by atoms with Crippen molar-refractivity contribution in [3.05, 3.63) is 42.2 Å². The molecule has 2 rings (SSSR count). The molecule has 0 unspecified atom stereocenters. The van der Waals surface area contributed by atoms with Gasteiger partial charge in [0.25, 0.3) is 0 Å². The van der Waals surface area contributed by atoms with E-state index in [0.29, 0.717) is 5.92 Å². The molecule has 0 aliphatic carbocycles. The van der Waals surface area contributed by atoms with Crippen LogP contribution < -0.4 is 0 Å². The van der Waals surface area contributed by atoms with Crippen molar-refractivity contribution in [3.8, 4) is 11.4 Å². The molecule has 0 aliphatic heterocycles. The van der Waals surface area contributed by atoms with Gasteiger partial charge in [-0.25, -0.2) is 4.98 Å². The first kappa shape index (κ1) is 9.97. The zero-order chi connectivity index (χ0) is 10.7. The minimum absolute atomic E-state index is 0.650. The number of aromatic nitrogens is 2. The lowest BCUT2D eigenvalue weighted by Gasteiger charge is -1.99. The third-order valence-electron chi connectivity index (χ3n) is 2.30. The number of hydrogen-bond acceptors (Lipinski definition) is 1. The molecule has 1 N–H and O–H groups in total. The minimum Gasteiger partial charge on any atom is -0.344 e. The summed E-state index contributed by atoms with van der Waals surface area (Å²) in [7, 11) is 0. The zero-order valence-electron chi connectivity index (χ0n) is 9.20. The van der Waals surface area contributed by atoms with E-state index in [4.69, 9.17) is 0 Å². The van der Waals surface area contributed by atoms with Gasteiger partial charge >= 0.3 is 0 Å². The average molecular weight is 200 g/mol. The van der Waals surface area contributed by atoms with Gasteiger partial charge in [0, 0.05) is 11.8 Å². The fourth-order valence-electron chi connectivity index (χ4n) is 1.63. The predicted octanol–water partition coefficient (Wildman–Crippen LogP) is 3.28. The van der Waals surface area contributed by atoms with E-state index in [1.54, 1.807) is 0 Å². The smallest absolute Gasteiger partial charge is 0.137 e. The Hall–Kier alpha value is -1.57. The molecule has 1 aromatic carbocycles. The molecular weight excluding hydrogens is 184 g/mol. The summed E-state index contributed by atoms with van der Waals surface area (Å²) in [5.74, 6) is 1.61. The second kappa shape index (κ2) is 4.30. The highest BCUT2D eigenvalue weighted by Crippen LogP contribution is 2.15. The molecule has 15 heavy (non-hydrogen) atoms. The summed E-state index contributed by atoms with van der Waals surface area (Å²) in [6.45, 7) is 4.41. The van der Waals surface area contributed by atoms with Crippen molar-refractivity contribution in [1.29, 1.82) is 0 Å². The molecule has 0 radical (unpaired) electrons. The first-order valence-electron chi connectivity index (χ1n) is 5.35. The van der Waals surface area contributed by atoms with Crippen molar-refractivity contribution in [1.82, 2.24) is 9.97 Å². The molecule has 78 valence electrons. The van der Waals surface area contributed by atoms with Gasteiger partial charge in [-0.2, -0.15) is 0 Å². The maximum Gasteiger partial charge on any atom is 0.137 e. The summed E-state index contributed by atoms with van der Waals surface area (Å²) in [6, 6.07) is 10.2. The van der Waals surface area contributed by atoms with Gasteiger partial charge in [-0.3, -0.25) is 0 Å². The highest BCUT2D eigenvalue weighted by atomic mass is 14.9. The Morgan fingerprint density at radius 3 is 2.60 bits per heavy atom. The van der Waals surface area contributed by atoms with Crippen LogP contribution in [0.3, 0.4) is 0 Å². The lowest BCUT2D eigenvalue weighted by atomic mass is 10.1. The van der Waals surface area contributed by atoms with E-state index < -0.39 is 0 Å². The molecule has 0 atom stereocenters. The van der Waals surface area contributed by atoms with Crippen LogP contribution in [0.4, 0.5) is 0 Å². The van der Waals surface area contributed by atoms with Crippen LogP contribution in [-0.4, -0.2) is 9.97 Å². The normalized spacial score (nSPS) is 10.9. The van der Waals surface area contributed by atoms with Gasteiger partial charge in [0.05, 0.1) is 5.69 Å². The Kier molecular flexibility index (Phi) is 2.86. The van der Waals surface area contributed by atoms with Crippen LogP contribution >= 0.6 is 0 Å². The fourth-order valence-corrected chi connectivity index (χ4v) is 1.63. The van der Waals surface area contributed by atoms with Crippen molar-refractivity contribution in [2.45, 2.75) is 20.3 Å². The molecule has 2 nitrogen and oxygen atoms in total. The predicted molar refractivity (Wildman–Crippen MR) is 62.6 cm³/mol. The number of nitrogens with one attached hydrogen (secondary N) is 1. The standard InChI is InChI=1S/C13H16N2/c1-10(2)8-12-9-14-13(15-12)11-6-4-3-5-7-11/h3-7,9-10H,8H2,1-2H3,(H,14,15). The van der Waals surface area contributed by atoms with Gasteiger partial charge in [0.1, 0.15) is 5.82 Å². The lowest BCUT2D eigenvalue weighted by molar-refractivity contribution is 0.638. The van der Waals surface area contributed by atoms with Gasteiger partial charge in [-0.15, -0.1) is 0 Å². The molecule has 2 aromatic rings. The van der Waals surface area contributed by atoms with Crippen LogP contribution in [0.1, 0.15) is 19.5 Å². The molecule has 0 saturated carbocycles. The van der Waals surface area contributed by atoms with E-state index in [9.17, 15) is 0 Å². The summed E-state index contributed by atoms with van der Waals surface area (Å²) < 4.78 is 0. The topological polar surface area (TPSA) is 28.7 Å². The van der Waals surface area contributed by atoms with Gasteiger partial charge in [-0.05, 0) is 12.3 Å². The molecule has 0 amide bonds. The highest BCUT2D eigenvalue weighted by molar-refractivity contribution is 5.54. The average Bonchev–Trinajstić information content (AvgIpc) is 2.67. The van der Waals surface area contributed by atoms with Crippen LogP contribution in [0.25, 0.3) is 11.4 Å². The van der Waals surface area contributed by atoms with Crippen LogP contribution in [-0.2, 0) is 6.42 Å². The lowest BCUT2D eigenvalue weighted by Crippen LogP contribution is -1.93. The van der Waals surface area contributed by atoms with E-state index in [2.05, 4.69) is 35.9 Å². The minimum atomic E-state index is 0.650. The first-order valence-corrected chi connectivity index (χ1v) is 5.35. The quantitative estimate of drug-likeness (QED) is 0.809. The summed E-state index contributed by atoms with van der Waals surface area (Å²) in [6.07, 6.45) is 3.03. The van der Waals surface area contributed by atoms with E-state index in [1.165, 1.54) is 0 Å². The Labute approximate surface area is 90.4 Å². The second-order valence-corrected chi connectivity index (χ2v) is 4.20. The number of rotatable bonds is 3. The van der Waals surface area contributed by atoms with Crippen molar-refractivity contribution in [2.24, 2.45) is 5.92 Å². The van der Waals surface area contributed by atoms with Gasteiger partial charge in [0.15, 0.2) is 0 Å². The maximum atomic E-state index is 4.57. The fraction of sp³-hybridized carbons (Fsp3) is 0.308. The van der Waals surface area contributed by atoms with E-state index in [-0.39, 0.29) is 0 Å². The highest BCUT2D eigenvalue weighted by Gasteiger charge is 2.04. The molecule has 2 heteroatoms.